The first-order valence-electron chi connectivity index (χ1n) is 5.83. The number of aliphatic hydroxyl groups excluding tert-OH is 1. The second-order valence-electron chi connectivity index (χ2n) is 4.04. The van der Waals surface area contributed by atoms with E-state index in [0.29, 0.717) is 24.7 Å². The lowest BCUT2D eigenvalue weighted by Gasteiger charge is -2.17. The Kier molecular flexibility index (Phi) is 7.23. The normalized spacial score (nSPS) is 14.4. The molecule has 0 amide bonds. The fraction of sp³-hybridized carbons (Fsp3) is 0.538. The van der Waals surface area contributed by atoms with Crippen LogP contribution in [0.4, 0.5) is 0 Å². The highest BCUT2D eigenvalue weighted by Gasteiger charge is 2.10. The van der Waals surface area contributed by atoms with Gasteiger partial charge in [-0.3, -0.25) is 0 Å². The molecule has 1 rings (SSSR count). The third-order valence-corrected chi connectivity index (χ3v) is 2.90. The molecule has 4 nitrogen and oxygen atoms in total. The molecule has 0 spiro atoms. The zero-order valence-electron chi connectivity index (χ0n) is 10.7. The van der Waals surface area contributed by atoms with Crippen LogP contribution < -0.4 is 5.32 Å². The summed E-state index contributed by atoms with van der Waals surface area (Å²) in [5, 5.41) is 13.8. The lowest BCUT2D eigenvalue weighted by Crippen LogP contribution is -2.34. The average Bonchev–Trinajstić information content (AvgIpc) is 2.38. The molecule has 0 aliphatic rings. The van der Waals surface area contributed by atoms with Gasteiger partial charge in [-0.25, -0.2) is 0 Å². The van der Waals surface area contributed by atoms with Gasteiger partial charge in [0.1, 0.15) is 0 Å². The molecular formula is C13H20ClNO3. The van der Waals surface area contributed by atoms with E-state index in [4.69, 9.17) is 21.1 Å². The lowest BCUT2D eigenvalue weighted by molar-refractivity contribution is 0.0270. The van der Waals surface area contributed by atoms with E-state index < -0.39 is 6.10 Å². The fourth-order valence-electron chi connectivity index (χ4n) is 1.58. The Bertz CT molecular complexity index is 332. The van der Waals surface area contributed by atoms with E-state index >= 15 is 0 Å². The van der Waals surface area contributed by atoms with Crippen LogP contribution in [0.25, 0.3) is 0 Å². The molecule has 0 aromatic heterocycles. The van der Waals surface area contributed by atoms with Gasteiger partial charge in [-0.2, -0.15) is 0 Å². The Labute approximate surface area is 113 Å². The summed E-state index contributed by atoms with van der Waals surface area (Å²) < 4.78 is 10.2. The summed E-state index contributed by atoms with van der Waals surface area (Å²) in [6.45, 7) is 1.63. The van der Waals surface area contributed by atoms with Gasteiger partial charge in [-0.05, 0) is 17.7 Å². The summed E-state index contributed by atoms with van der Waals surface area (Å²) in [7, 11) is 3.27. The van der Waals surface area contributed by atoms with Crippen LogP contribution in [0, 0.1) is 0 Å². The van der Waals surface area contributed by atoms with Crippen molar-refractivity contribution in [3.8, 4) is 0 Å². The zero-order chi connectivity index (χ0) is 13.4. The first kappa shape index (κ1) is 15.4. The van der Waals surface area contributed by atoms with E-state index in [1.807, 2.05) is 12.1 Å². The molecule has 2 unspecified atom stereocenters. The second kappa shape index (κ2) is 8.45. The van der Waals surface area contributed by atoms with Crippen molar-refractivity contribution >= 4 is 11.6 Å². The molecule has 1 aromatic carbocycles. The van der Waals surface area contributed by atoms with Crippen LogP contribution >= 0.6 is 11.6 Å². The first-order chi connectivity index (χ1) is 8.67. The topological polar surface area (TPSA) is 50.7 Å². The number of ether oxygens (including phenoxy) is 2. The van der Waals surface area contributed by atoms with Crippen molar-refractivity contribution in [2.24, 2.45) is 0 Å². The van der Waals surface area contributed by atoms with Gasteiger partial charge in [0.25, 0.3) is 0 Å². The van der Waals surface area contributed by atoms with Crippen molar-refractivity contribution in [3.05, 3.63) is 34.9 Å². The number of aliphatic hydroxyl groups is 1. The largest absolute Gasteiger partial charge is 0.387 e. The maximum Gasteiger partial charge on any atom is 0.0928 e. The minimum absolute atomic E-state index is 0.00702. The smallest absolute Gasteiger partial charge is 0.0928 e. The van der Waals surface area contributed by atoms with Gasteiger partial charge in [0, 0.05) is 32.3 Å². The highest BCUT2D eigenvalue weighted by Crippen LogP contribution is 2.15. The summed E-state index contributed by atoms with van der Waals surface area (Å²) >= 11 is 5.79. The lowest BCUT2D eigenvalue weighted by atomic mass is 10.1. The third kappa shape index (κ3) is 5.33. The number of rotatable bonds is 8. The SMILES string of the molecule is COCC(CNCC(O)c1ccc(Cl)cc1)OC. The maximum absolute atomic E-state index is 9.95. The van der Waals surface area contributed by atoms with Crippen molar-refractivity contribution in [3.63, 3.8) is 0 Å². The van der Waals surface area contributed by atoms with Gasteiger partial charge in [-0.15, -0.1) is 0 Å². The van der Waals surface area contributed by atoms with Crippen molar-refractivity contribution in [2.75, 3.05) is 33.9 Å². The van der Waals surface area contributed by atoms with E-state index in [9.17, 15) is 5.11 Å². The molecule has 18 heavy (non-hydrogen) atoms. The van der Waals surface area contributed by atoms with Crippen LogP contribution in [0.15, 0.2) is 24.3 Å². The zero-order valence-corrected chi connectivity index (χ0v) is 11.5. The Hall–Kier alpha value is -0.650. The predicted octanol–water partition coefficient (Wildman–Crippen LogP) is 1.62. The minimum Gasteiger partial charge on any atom is -0.387 e. The molecule has 2 atom stereocenters. The fourth-order valence-corrected chi connectivity index (χ4v) is 1.71. The maximum atomic E-state index is 9.95. The van der Waals surface area contributed by atoms with Crippen molar-refractivity contribution in [1.82, 2.24) is 5.32 Å². The molecule has 102 valence electrons. The van der Waals surface area contributed by atoms with E-state index in [-0.39, 0.29) is 6.10 Å². The van der Waals surface area contributed by atoms with Crippen LogP contribution in [0.1, 0.15) is 11.7 Å². The highest BCUT2D eigenvalue weighted by atomic mass is 35.5. The van der Waals surface area contributed by atoms with Crippen molar-refractivity contribution in [1.29, 1.82) is 0 Å². The molecule has 0 bridgehead atoms. The van der Waals surface area contributed by atoms with Gasteiger partial charge in [-0.1, -0.05) is 23.7 Å². The van der Waals surface area contributed by atoms with Gasteiger partial charge < -0.3 is 19.9 Å². The van der Waals surface area contributed by atoms with Gasteiger partial charge >= 0.3 is 0 Å². The Balaban J connectivity index is 2.32. The molecule has 0 aliphatic heterocycles. The van der Waals surface area contributed by atoms with Crippen LogP contribution in [-0.2, 0) is 9.47 Å². The van der Waals surface area contributed by atoms with E-state index in [1.165, 1.54) is 0 Å². The van der Waals surface area contributed by atoms with E-state index in [0.717, 1.165) is 5.56 Å². The summed E-state index contributed by atoms with van der Waals surface area (Å²) in [6.07, 6.45) is -0.560. The Morgan fingerprint density at radius 3 is 2.44 bits per heavy atom. The quantitative estimate of drug-likeness (QED) is 0.756. The summed E-state index contributed by atoms with van der Waals surface area (Å²) in [4.78, 5) is 0. The van der Waals surface area contributed by atoms with Crippen LogP contribution in [-0.4, -0.2) is 45.1 Å². The van der Waals surface area contributed by atoms with Crippen molar-refractivity contribution < 1.29 is 14.6 Å². The minimum atomic E-state index is -0.553. The number of hydrogen-bond acceptors (Lipinski definition) is 4. The number of halogens is 1. The summed E-state index contributed by atoms with van der Waals surface area (Å²) in [5.74, 6) is 0. The monoisotopic (exact) mass is 273 g/mol. The molecule has 0 saturated heterocycles. The molecule has 0 saturated carbocycles. The van der Waals surface area contributed by atoms with Gasteiger partial charge in [0.15, 0.2) is 0 Å². The summed E-state index contributed by atoms with van der Waals surface area (Å²) in [6, 6.07) is 7.17. The second-order valence-corrected chi connectivity index (χ2v) is 4.48. The molecule has 0 fully saturated rings. The average molecular weight is 274 g/mol. The molecular weight excluding hydrogens is 254 g/mol. The highest BCUT2D eigenvalue weighted by molar-refractivity contribution is 6.30. The molecule has 0 radical (unpaired) electrons. The number of benzene rings is 1. The molecule has 0 aliphatic carbocycles. The summed E-state index contributed by atoms with van der Waals surface area (Å²) in [5.41, 5.74) is 0.840. The van der Waals surface area contributed by atoms with Crippen molar-refractivity contribution in [2.45, 2.75) is 12.2 Å². The van der Waals surface area contributed by atoms with Gasteiger partial charge in [0.05, 0.1) is 18.8 Å². The molecule has 5 heteroatoms. The van der Waals surface area contributed by atoms with Gasteiger partial charge in [0.2, 0.25) is 0 Å². The Morgan fingerprint density at radius 1 is 1.22 bits per heavy atom. The predicted molar refractivity (Wildman–Crippen MR) is 72.0 cm³/mol. The van der Waals surface area contributed by atoms with E-state index in [2.05, 4.69) is 5.32 Å². The van der Waals surface area contributed by atoms with Crippen LogP contribution in [0.2, 0.25) is 5.02 Å². The van der Waals surface area contributed by atoms with E-state index in [1.54, 1.807) is 26.4 Å². The van der Waals surface area contributed by atoms with Crippen LogP contribution in [0.3, 0.4) is 0 Å². The van der Waals surface area contributed by atoms with Crippen LogP contribution in [0.5, 0.6) is 0 Å². The number of hydrogen-bond donors (Lipinski definition) is 2. The Morgan fingerprint density at radius 2 is 1.89 bits per heavy atom. The number of nitrogens with one attached hydrogen (secondary N) is 1. The molecule has 1 aromatic rings. The molecule has 0 heterocycles. The molecule has 2 N–H and O–H groups in total. The third-order valence-electron chi connectivity index (χ3n) is 2.65. The first-order valence-corrected chi connectivity index (χ1v) is 6.21. The number of methoxy groups -OCH3 is 2. The standard InChI is InChI=1S/C13H20ClNO3/c1-17-9-12(18-2)7-15-8-13(16)10-3-5-11(14)6-4-10/h3-6,12-13,15-16H,7-9H2,1-2H3.